The van der Waals surface area contributed by atoms with Crippen LogP contribution in [-0.2, 0) is 9.53 Å². The Morgan fingerprint density at radius 2 is 1.72 bits per heavy atom. The average molecular weight is 383 g/mol. The first-order valence-electron chi connectivity index (χ1n) is 6.99. The Hall–Kier alpha value is -2.64. The van der Waals surface area contributed by atoms with E-state index in [0.717, 1.165) is 6.07 Å². The van der Waals surface area contributed by atoms with Gasteiger partial charge in [0.15, 0.2) is 6.10 Å². The summed E-state index contributed by atoms with van der Waals surface area (Å²) < 4.78 is 5.00. The average Bonchev–Trinajstić information content (AvgIpc) is 2.56. The Morgan fingerprint density at radius 3 is 2.32 bits per heavy atom. The first-order valence-corrected chi connectivity index (χ1v) is 7.75. The van der Waals surface area contributed by atoms with Crippen molar-refractivity contribution in [3.63, 3.8) is 0 Å². The van der Waals surface area contributed by atoms with Gasteiger partial charge in [-0.25, -0.2) is 4.79 Å². The summed E-state index contributed by atoms with van der Waals surface area (Å²) in [5.41, 5.74) is -0.321. The highest BCUT2D eigenvalue weighted by Crippen LogP contribution is 2.24. The molecule has 0 saturated heterocycles. The summed E-state index contributed by atoms with van der Waals surface area (Å²) in [5, 5.41) is 14.2. The van der Waals surface area contributed by atoms with Gasteiger partial charge in [-0.2, -0.15) is 0 Å². The standard InChI is InChI=1S/C16H12Cl2N2O5/c1-9(15(21)19-12-5-2-10(17)3-6-12)25-16(22)13-7-4-11(18)8-14(13)20(23)24/h2-9H,1H3,(H,19,21). The number of nitro benzene ring substituents is 1. The van der Waals surface area contributed by atoms with Gasteiger partial charge in [0.05, 0.1) is 4.92 Å². The molecule has 25 heavy (non-hydrogen) atoms. The fraction of sp³-hybridized carbons (Fsp3) is 0.125. The number of esters is 1. The summed E-state index contributed by atoms with van der Waals surface area (Å²) in [6.07, 6.45) is -1.17. The van der Waals surface area contributed by atoms with Gasteiger partial charge in [-0.1, -0.05) is 23.2 Å². The van der Waals surface area contributed by atoms with Crippen LogP contribution in [-0.4, -0.2) is 22.9 Å². The van der Waals surface area contributed by atoms with E-state index in [1.54, 1.807) is 24.3 Å². The van der Waals surface area contributed by atoms with E-state index in [9.17, 15) is 19.7 Å². The number of nitrogens with zero attached hydrogens (tertiary/aromatic N) is 1. The number of carbonyl (C=O) groups excluding carboxylic acids is 2. The van der Waals surface area contributed by atoms with E-state index in [1.807, 2.05) is 0 Å². The molecular formula is C16H12Cl2N2O5. The molecule has 0 saturated carbocycles. The number of carbonyl (C=O) groups is 2. The number of hydrogen-bond donors (Lipinski definition) is 1. The van der Waals surface area contributed by atoms with Gasteiger partial charge in [0.25, 0.3) is 11.6 Å². The molecule has 1 atom stereocenters. The summed E-state index contributed by atoms with van der Waals surface area (Å²) in [7, 11) is 0. The number of anilines is 1. The van der Waals surface area contributed by atoms with Gasteiger partial charge < -0.3 is 10.1 Å². The van der Waals surface area contributed by atoms with Gasteiger partial charge in [-0.3, -0.25) is 14.9 Å². The van der Waals surface area contributed by atoms with E-state index in [2.05, 4.69) is 5.32 Å². The predicted octanol–water partition coefficient (Wildman–Crippen LogP) is 4.09. The van der Waals surface area contributed by atoms with E-state index in [-0.39, 0.29) is 10.6 Å². The van der Waals surface area contributed by atoms with Crippen LogP contribution in [0.15, 0.2) is 42.5 Å². The second-order valence-electron chi connectivity index (χ2n) is 4.96. The summed E-state index contributed by atoms with van der Waals surface area (Å²) >= 11 is 11.4. The minimum absolute atomic E-state index is 0.108. The number of nitro groups is 1. The lowest BCUT2D eigenvalue weighted by Gasteiger charge is -2.13. The molecule has 9 heteroatoms. The molecule has 2 aromatic rings. The molecule has 0 radical (unpaired) electrons. The molecule has 0 aliphatic rings. The van der Waals surface area contributed by atoms with Crippen LogP contribution >= 0.6 is 23.2 Å². The van der Waals surface area contributed by atoms with Gasteiger partial charge in [-0.05, 0) is 43.3 Å². The Balaban J connectivity index is 2.08. The zero-order valence-electron chi connectivity index (χ0n) is 12.9. The maximum Gasteiger partial charge on any atom is 0.345 e. The van der Waals surface area contributed by atoms with Crippen molar-refractivity contribution in [3.8, 4) is 0 Å². The smallest absolute Gasteiger partial charge is 0.345 e. The van der Waals surface area contributed by atoms with Crippen molar-refractivity contribution < 1.29 is 19.2 Å². The molecule has 2 aromatic carbocycles. The monoisotopic (exact) mass is 382 g/mol. The molecule has 0 bridgehead atoms. The van der Waals surface area contributed by atoms with Gasteiger partial charge in [0, 0.05) is 21.8 Å². The molecule has 0 aliphatic heterocycles. The Kier molecular flexibility index (Phi) is 5.95. The molecule has 1 unspecified atom stereocenters. The molecule has 130 valence electrons. The van der Waals surface area contributed by atoms with Crippen LogP contribution in [0.3, 0.4) is 0 Å². The molecule has 0 fully saturated rings. The van der Waals surface area contributed by atoms with E-state index >= 15 is 0 Å². The van der Waals surface area contributed by atoms with Crippen molar-refractivity contribution >= 4 is 46.5 Å². The van der Waals surface area contributed by atoms with Crippen LogP contribution in [0.4, 0.5) is 11.4 Å². The molecule has 1 amide bonds. The number of amides is 1. The number of ether oxygens (including phenoxy) is 1. The van der Waals surface area contributed by atoms with Gasteiger partial charge in [0.1, 0.15) is 5.56 Å². The third-order valence-electron chi connectivity index (χ3n) is 3.14. The van der Waals surface area contributed by atoms with Crippen LogP contribution in [0.5, 0.6) is 0 Å². The Labute approximate surface area is 152 Å². The van der Waals surface area contributed by atoms with Gasteiger partial charge in [-0.15, -0.1) is 0 Å². The number of benzene rings is 2. The van der Waals surface area contributed by atoms with E-state index in [1.165, 1.54) is 19.1 Å². The number of hydrogen-bond acceptors (Lipinski definition) is 5. The van der Waals surface area contributed by atoms with E-state index in [0.29, 0.717) is 10.7 Å². The lowest BCUT2D eigenvalue weighted by molar-refractivity contribution is -0.385. The maximum absolute atomic E-state index is 12.1. The molecule has 1 N–H and O–H groups in total. The quantitative estimate of drug-likeness (QED) is 0.477. The third-order valence-corrected chi connectivity index (χ3v) is 3.63. The molecule has 7 nitrogen and oxygen atoms in total. The van der Waals surface area contributed by atoms with Gasteiger partial charge in [0.2, 0.25) is 0 Å². The maximum atomic E-state index is 12.1. The van der Waals surface area contributed by atoms with Crippen molar-refractivity contribution in [2.24, 2.45) is 0 Å². The van der Waals surface area contributed by atoms with Crippen molar-refractivity contribution in [2.75, 3.05) is 5.32 Å². The summed E-state index contributed by atoms with van der Waals surface area (Å²) in [6.45, 7) is 1.35. The van der Waals surface area contributed by atoms with Crippen LogP contribution in [0.1, 0.15) is 17.3 Å². The van der Waals surface area contributed by atoms with Crippen molar-refractivity contribution in [2.45, 2.75) is 13.0 Å². The predicted molar refractivity (Wildman–Crippen MR) is 93.1 cm³/mol. The highest BCUT2D eigenvalue weighted by Gasteiger charge is 2.25. The number of nitrogens with one attached hydrogen (secondary N) is 1. The highest BCUT2D eigenvalue weighted by molar-refractivity contribution is 6.31. The zero-order chi connectivity index (χ0) is 18.6. The highest BCUT2D eigenvalue weighted by atomic mass is 35.5. The van der Waals surface area contributed by atoms with Crippen LogP contribution in [0.2, 0.25) is 10.0 Å². The van der Waals surface area contributed by atoms with E-state index < -0.39 is 28.6 Å². The topological polar surface area (TPSA) is 98.5 Å². The Bertz CT molecular complexity index is 824. The van der Waals surface area contributed by atoms with Crippen molar-refractivity contribution in [1.82, 2.24) is 0 Å². The molecular weight excluding hydrogens is 371 g/mol. The molecule has 0 aromatic heterocycles. The molecule has 2 rings (SSSR count). The molecule has 0 heterocycles. The first kappa shape index (κ1) is 18.7. The Morgan fingerprint density at radius 1 is 1.12 bits per heavy atom. The minimum atomic E-state index is -1.17. The normalized spacial score (nSPS) is 11.5. The van der Waals surface area contributed by atoms with Crippen LogP contribution < -0.4 is 5.32 Å². The van der Waals surface area contributed by atoms with Gasteiger partial charge >= 0.3 is 5.97 Å². The summed E-state index contributed by atoms with van der Waals surface area (Å²) in [6, 6.07) is 9.88. The summed E-state index contributed by atoms with van der Waals surface area (Å²) in [4.78, 5) is 34.5. The lowest BCUT2D eigenvalue weighted by atomic mass is 10.2. The van der Waals surface area contributed by atoms with Crippen molar-refractivity contribution in [1.29, 1.82) is 0 Å². The molecule has 0 aliphatic carbocycles. The second-order valence-corrected chi connectivity index (χ2v) is 5.84. The fourth-order valence-corrected chi connectivity index (χ4v) is 2.18. The zero-order valence-corrected chi connectivity index (χ0v) is 14.4. The number of halogens is 2. The fourth-order valence-electron chi connectivity index (χ4n) is 1.88. The molecule has 0 spiro atoms. The van der Waals surface area contributed by atoms with Crippen molar-refractivity contribution in [3.05, 3.63) is 68.2 Å². The minimum Gasteiger partial charge on any atom is -0.449 e. The van der Waals surface area contributed by atoms with E-state index in [4.69, 9.17) is 27.9 Å². The third kappa shape index (κ3) is 4.91. The van der Waals surface area contributed by atoms with Crippen LogP contribution in [0, 0.1) is 10.1 Å². The number of rotatable bonds is 5. The first-order chi connectivity index (χ1) is 11.8. The summed E-state index contributed by atoms with van der Waals surface area (Å²) in [5.74, 6) is -1.59. The SMILES string of the molecule is CC(OC(=O)c1ccc(Cl)cc1[N+](=O)[O-])C(=O)Nc1ccc(Cl)cc1. The largest absolute Gasteiger partial charge is 0.449 e. The lowest BCUT2D eigenvalue weighted by Crippen LogP contribution is -2.30. The second kappa shape index (κ2) is 7.96. The van der Waals surface area contributed by atoms with Crippen LogP contribution in [0.25, 0.3) is 0 Å².